The van der Waals surface area contributed by atoms with Crippen LogP contribution in [-0.4, -0.2) is 28.6 Å². The average molecular weight is 272 g/mol. The summed E-state index contributed by atoms with van der Waals surface area (Å²) in [5, 5.41) is 0. The molecule has 0 aliphatic carbocycles. The van der Waals surface area contributed by atoms with Crippen molar-refractivity contribution in [2.45, 2.75) is 24.3 Å². The third kappa shape index (κ3) is 4.73. The second kappa shape index (κ2) is 7.48. The summed E-state index contributed by atoms with van der Waals surface area (Å²) < 4.78 is 31.5. The van der Waals surface area contributed by atoms with Crippen molar-refractivity contribution >= 4 is 10.0 Å². The van der Waals surface area contributed by atoms with Crippen LogP contribution in [0.5, 0.6) is 0 Å². The Kier molecular flexibility index (Phi) is 6.28. The molecule has 0 saturated heterocycles. The number of nitrogens with two attached hydrogens (primary N) is 1. The van der Waals surface area contributed by atoms with Gasteiger partial charge in [-0.25, -0.2) is 13.1 Å². The van der Waals surface area contributed by atoms with Crippen molar-refractivity contribution in [2.24, 2.45) is 5.73 Å². The van der Waals surface area contributed by atoms with E-state index in [-0.39, 0.29) is 4.90 Å². The highest BCUT2D eigenvalue weighted by Gasteiger charge is 2.13. The third-order valence-electron chi connectivity index (χ3n) is 2.44. The molecule has 0 unspecified atom stereocenters. The van der Waals surface area contributed by atoms with Crippen molar-refractivity contribution in [3.63, 3.8) is 0 Å². The van der Waals surface area contributed by atoms with Crippen LogP contribution >= 0.6 is 0 Å². The highest BCUT2D eigenvalue weighted by molar-refractivity contribution is 7.89. The zero-order chi connectivity index (χ0) is 13.4. The van der Waals surface area contributed by atoms with E-state index in [2.05, 4.69) is 4.72 Å². The first-order valence-corrected chi connectivity index (χ1v) is 7.36. The number of hydrogen-bond acceptors (Lipinski definition) is 4. The standard InChI is InChI=1S/C12H20N2O3S/c1-17-10-11-5-4-6-12(9-11)18(15,16)14-8-3-2-7-13/h4-6,9,14H,2-3,7-8,10,13H2,1H3. The van der Waals surface area contributed by atoms with Crippen LogP contribution in [0.4, 0.5) is 0 Å². The molecule has 0 aliphatic rings. The zero-order valence-corrected chi connectivity index (χ0v) is 11.4. The number of nitrogens with one attached hydrogen (secondary N) is 1. The van der Waals surface area contributed by atoms with Crippen LogP contribution in [0, 0.1) is 0 Å². The zero-order valence-electron chi connectivity index (χ0n) is 10.6. The maximum atomic E-state index is 12.0. The number of unbranched alkanes of at least 4 members (excludes halogenated alkanes) is 1. The minimum Gasteiger partial charge on any atom is -0.380 e. The predicted molar refractivity (Wildman–Crippen MR) is 70.6 cm³/mol. The SMILES string of the molecule is COCc1cccc(S(=O)(=O)NCCCCN)c1. The number of methoxy groups -OCH3 is 1. The topological polar surface area (TPSA) is 81.4 Å². The molecule has 1 rings (SSSR count). The Morgan fingerprint density at radius 3 is 2.78 bits per heavy atom. The Bertz CT molecular complexity index is 460. The highest BCUT2D eigenvalue weighted by atomic mass is 32.2. The van der Waals surface area contributed by atoms with Crippen LogP contribution in [0.1, 0.15) is 18.4 Å². The lowest BCUT2D eigenvalue weighted by atomic mass is 10.2. The van der Waals surface area contributed by atoms with Gasteiger partial charge < -0.3 is 10.5 Å². The van der Waals surface area contributed by atoms with Crippen LogP contribution < -0.4 is 10.5 Å². The molecule has 1 aromatic carbocycles. The lowest BCUT2D eigenvalue weighted by Gasteiger charge is -2.08. The van der Waals surface area contributed by atoms with Gasteiger partial charge in [-0.15, -0.1) is 0 Å². The van der Waals surface area contributed by atoms with Gasteiger partial charge in [-0.3, -0.25) is 0 Å². The Hall–Kier alpha value is -0.950. The van der Waals surface area contributed by atoms with Crippen molar-refractivity contribution < 1.29 is 13.2 Å². The normalized spacial score (nSPS) is 11.7. The predicted octanol–water partition coefficient (Wildman–Crippen LogP) is 0.850. The molecule has 0 spiro atoms. The van der Waals surface area contributed by atoms with Crippen molar-refractivity contribution in [1.82, 2.24) is 4.72 Å². The summed E-state index contributed by atoms with van der Waals surface area (Å²) in [6, 6.07) is 6.74. The van der Waals surface area contributed by atoms with Gasteiger partial charge in [-0.2, -0.15) is 0 Å². The van der Waals surface area contributed by atoms with E-state index < -0.39 is 10.0 Å². The van der Waals surface area contributed by atoms with E-state index in [1.165, 1.54) is 0 Å². The lowest BCUT2D eigenvalue weighted by Crippen LogP contribution is -2.25. The van der Waals surface area contributed by atoms with Crippen LogP contribution in [0.2, 0.25) is 0 Å². The van der Waals surface area contributed by atoms with E-state index in [1.54, 1.807) is 25.3 Å². The lowest BCUT2D eigenvalue weighted by molar-refractivity contribution is 0.184. The van der Waals surface area contributed by atoms with Crippen molar-refractivity contribution in [3.05, 3.63) is 29.8 Å². The smallest absolute Gasteiger partial charge is 0.240 e. The summed E-state index contributed by atoms with van der Waals surface area (Å²) in [4.78, 5) is 0.268. The minimum absolute atomic E-state index is 0.268. The second-order valence-electron chi connectivity index (χ2n) is 3.97. The molecular formula is C12H20N2O3S. The molecule has 0 aliphatic heterocycles. The van der Waals surface area contributed by atoms with Gasteiger partial charge in [0, 0.05) is 13.7 Å². The molecule has 18 heavy (non-hydrogen) atoms. The van der Waals surface area contributed by atoms with Crippen molar-refractivity contribution in [3.8, 4) is 0 Å². The third-order valence-corrected chi connectivity index (χ3v) is 3.90. The fraction of sp³-hybridized carbons (Fsp3) is 0.500. The average Bonchev–Trinajstić information content (AvgIpc) is 2.36. The van der Waals surface area contributed by atoms with Gasteiger partial charge in [0.05, 0.1) is 11.5 Å². The van der Waals surface area contributed by atoms with E-state index in [1.807, 2.05) is 6.07 Å². The molecule has 102 valence electrons. The van der Waals surface area contributed by atoms with Crippen LogP contribution in [-0.2, 0) is 21.4 Å². The monoisotopic (exact) mass is 272 g/mol. The van der Waals surface area contributed by atoms with E-state index >= 15 is 0 Å². The molecule has 0 aromatic heterocycles. The van der Waals surface area contributed by atoms with Gasteiger partial charge >= 0.3 is 0 Å². The first-order chi connectivity index (χ1) is 8.60. The number of ether oxygens (including phenoxy) is 1. The van der Waals surface area contributed by atoms with Gasteiger partial charge in [0.1, 0.15) is 0 Å². The maximum absolute atomic E-state index is 12.0. The summed E-state index contributed by atoms with van der Waals surface area (Å²) in [7, 11) is -1.85. The first kappa shape index (κ1) is 15.1. The molecule has 1 aromatic rings. The van der Waals surface area contributed by atoms with Crippen LogP contribution in [0.25, 0.3) is 0 Å². The molecule has 0 radical (unpaired) electrons. The van der Waals surface area contributed by atoms with Gasteiger partial charge in [0.2, 0.25) is 10.0 Å². The number of hydrogen-bond donors (Lipinski definition) is 2. The molecular weight excluding hydrogens is 252 g/mol. The number of sulfonamides is 1. The van der Waals surface area contributed by atoms with Gasteiger partial charge in [-0.05, 0) is 37.1 Å². The molecule has 0 amide bonds. The molecule has 0 fully saturated rings. The molecule has 0 saturated carbocycles. The summed E-state index contributed by atoms with van der Waals surface area (Å²) >= 11 is 0. The molecule has 0 heterocycles. The maximum Gasteiger partial charge on any atom is 0.240 e. The number of rotatable bonds is 8. The largest absolute Gasteiger partial charge is 0.380 e. The van der Waals surface area contributed by atoms with Gasteiger partial charge in [0.25, 0.3) is 0 Å². The Balaban J connectivity index is 2.69. The molecule has 6 heteroatoms. The fourth-order valence-electron chi connectivity index (χ4n) is 1.53. The van der Waals surface area contributed by atoms with E-state index in [0.717, 1.165) is 18.4 Å². The van der Waals surface area contributed by atoms with Crippen molar-refractivity contribution in [1.29, 1.82) is 0 Å². The second-order valence-corrected chi connectivity index (χ2v) is 5.74. The van der Waals surface area contributed by atoms with Crippen LogP contribution in [0.3, 0.4) is 0 Å². The molecule has 0 bridgehead atoms. The minimum atomic E-state index is -3.43. The van der Waals surface area contributed by atoms with Crippen LogP contribution in [0.15, 0.2) is 29.2 Å². The van der Waals surface area contributed by atoms with Crippen molar-refractivity contribution in [2.75, 3.05) is 20.2 Å². The van der Waals surface area contributed by atoms with Gasteiger partial charge in [-0.1, -0.05) is 12.1 Å². The summed E-state index contributed by atoms with van der Waals surface area (Å²) in [5.41, 5.74) is 6.19. The summed E-state index contributed by atoms with van der Waals surface area (Å²) in [5.74, 6) is 0. The first-order valence-electron chi connectivity index (χ1n) is 5.88. The van der Waals surface area contributed by atoms with E-state index in [4.69, 9.17) is 10.5 Å². The summed E-state index contributed by atoms with van der Waals surface area (Å²) in [6.45, 7) is 1.38. The Morgan fingerprint density at radius 2 is 2.11 bits per heavy atom. The highest BCUT2D eigenvalue weighted by Crippen LogP contribution is 2.12. The number of benzene rings is 1. The molecule has 5 nitrogen and oxygen atoms in total. The fourth-order valence-corrected chi connectivity index (χ4v) is 2.67. The Labute approximate surface area is 108 Å². The van der Waals surface area contributed by atoms with E-state index in [0.29, 0.717) is 19.7 Å². The molecule has 0 atom stereocenters. The Morgan fingerprint density at radius 1 is 1.33 bits per heavy atom. The summed E-state index contributed by atoms with van der Waals surface area (Å²) in [6.07, 6.45) is 1.56. The van der Waals surface area contributed by atoms with Gasteiger partial charge in [0.15, 0.2) is 0 Å². The quantitative estimate of drug-likeness (QED) is 0.687. The molecule has 3 N–H and O–H groups in total. The van der Waals surface area contributed by atoms with E-state index in [9.17, 15) is 8.42 Å².